The number of aliphatic imine (C=N–C) groups is 1. The number of benzene rings is 2. The molecule has 0 aliphatic carbocycles. The van der Waals surface area contributed by atoms with Crippen LogP contribution in [0.25, 0.3) is 0 Å². The van der Waals surface area contributed by atoms with E-state index in [1.54, 1.807) is 6.07 Å². The van der Waals surface area contributed by atoms with Gasteiger partial charge in [0.05, 0.1) is 6.54 Å². The third kappa shape index (κ3) is 4.10. The molecule has 4 heteroatoms. The largest absolute Gasteiger partial charge is 0.370 e. The number of guanidine groups is 1. The Morgan fingerprint density at radius 3 is 2.63 bits per heavy atom. The topological polar surface area (TPSA) is 50.4 Å². The van der Waals surface area contributed by atoms with Crippen LogP contribution in [0.15, 0.2) is 53.5 Å². The molecule has 19 heavy (non-hydrogen) atoms. The molecule has 0 aliphatic heterocycles. The van der Waals surface area contributed by atoms with Crippen molar-refractivity contribution in [3.05, 3.63) is 65.5 Å². The van der Waals surface area contributed by atoms with Crippen LogP contribution in [0.4, 0.5) is 10.1 Å². The van der Waals surface area contributed by atoms with Gasteiger partial charge in [0.15, 0.2) is 5.96 Å². The number of hydrogen-bond acceptors (Lipinski definition) is 1. The second-order valence-corrected chi connectivity index (χ2v) is 4.32. The predicted molar refractivity (Wildman–Crippen MR) is 76.5 cm³/mol. The summed E-state index contributed by atoms with van der Waals surface area (Å²) in [7, 11) is 0. The quantitative estimate of drug-likeness (QED) is 0.656. The minimum Gasteiger partial charge on any atom is -0.370 e. The van der Waals surface area contributed by atoms with Crippen molar-refractivity contribution in [2.75, 3.05) is 5.32 Å². The van der Waals surface area contributed by atoms with Crippen LogP contribution < -0.4 is 11.1 Å². The van der Waals surface area contributed by atoms with Gasteiger partial charge in [-0.05, 0) is 36.8 Å². The fraction of sp³-hybridized carbons (Fsp3) is 0.133. The lowest BCUT2D eigenvalue weighted by atomic mass is 10.2. The Morgan fingerprint density at radius 2 is 1.95 bits per heavy atom. The summed E-state index contributed by atoms with van der Waals surface area (Å²) in [5.74, 6) is 0.0471. The van der Waals surface area contributed by atoms with Crippen molar-refractivity contribution in [1.82, 2.24) is 0 Å². The molecule has 0 saturated carbocycles. The molecule has 2 aromatic rings. The molecule has 0 heterocycles. The third-order valence-electron chi connectivity index (χ3n) is 2.64. The van der Waals surface area contributed by atoms with Crippen LogP contribution in [0.3, 0.4) is 0 Å². The molecule has 0 radical (unpaired) electrons. The lowest BCUT2D eigenvalue weighted by molar-refractivity contribution is 0.625. The zero-order chi connectivity index (χ0) is 13.7. The Bertz CT molecular complexity index is 576. The summed E-state index contributed by atoms with van der Waals surface area (Å²) < 4.78 is 13.0. The Hall–Kier alpha value is -2.36. The molecular weight excluding hydrogens is 241 g/mol. The van der Waals surface area contributed by atoms with E-state index in [2.05, 4.69) is 10.3 Å². The first-order chi connectivity index (χ1) is 9.13. The van der Waals surface area contributed by atoms with Gasteiger partial charge in [-0.15, -0.1) is 0 Å². The van der Waals surface area contributed by atoms with Gasteiger partial charge in [-0.1, -0.05) is 29.8 Å². The Balaban J connectivity index is 1.97. The van der Waals surface area contributed by atoms with Gasteiger partial charge in [-0.3, -0.25) is 0 Å². The molecule has 0 unspecified atom stereocenters. The number of nitrogens with one attached hydrogen (secondary N) is 1. The van der Waals surface area contributed by atoms with E-state index in [0.29, 0.717) is 12.5 Å². The van der Waals surface area contributed by atoms with E-state index in [1.807, 2.05) is 37.3 Å². The average Bonchev–Trinajstić information content (AvgIpc) is 2.39. The minimum absolute atomic E-state index is 0.266. The van der Waals surface area contributed by atoms with Crippen molar-refractivity contribution in [1.29, 1.82) is 0 Å². The molecule has 0 atom stereocenters. The molecule has 0 fully saturated rings. The van der Waals surface area contributed by atoms with Crippen LogP contribution in [0.2, 0.25) is 0 Å². The molecule has 2 aromatic carbocycles. The van der Waals surface area contributed by atoms with E-state index >= 15 is 0 Å². The van der Waals surface area contributed by atoms with E-state index < -0.39 is 0 Å². The number of anilines is 1. The van der Waals surface area contributed by atoms with E-state index in [1.165, 1.54) is 17.7 Å². The molecule has 0 bridgehead atoms. The Morgan fingerprint density at radius 1 is 1.21 bits per heavy atom. The highest BCUT2D eigenvalue weighted by Crippen LogP contribution is 2.08. The maximum absolute atomic E-state index is 13.0. The van der Waals surface area contributed by atoms with E-state index in [4.69, 9.17) is 5.73 Å². The molecule has 0 aromatic heterocycles. The highest BCUT2D eigenvalue weighted by molar-refractivity contribution is 5.92. The van der Waals surface area contributed by atoms with Gasteiger partial charge >= 0.3 is 0 Å². The fourth-order valence-electron chi connectivity index (χ4n) is 1.64. The number of aryl methyl sites for hydroxylation is 1. The zero-order valence-corrected chi connectivity index (χ0v) is 10.7. The second-order valence-electron chi connectivity index (χ2n) is 4.32. The smallest absolute Gasteiger partial charge is 0.193 e. The van der Waals surface area contributed by atoms with Crippen molar-refractivity contribution in [3.8, 4) is 0 Å². The van der Waals surface area contributed by atoms with Gasteiger partial charge in [0.2, 0.25) is 0 Å². The second kappa shape index (κ2) is 6.00. The summed E-state index contributed by atoms with van der Waals surface area (Å²) in [6.07, 6.45) is 0. The van der Waals surface area contributed by atoms with Crippen LogP contribution in [0.1, 0.15) is 11.1 Å². The maximum Gasteiger partial charge on any atom is 0.193 e. The van der Waals surface area contributed by atoms with E-state index in [9.17, 15) is 4.39 Å². The lowest BCUT2D eigenvalue weighted by Gasteiger charge is -2.06. The van der Waals surface area contributed by atoms with Crippen molar-refractivity contribution in [2.45, 2.75) is 13.5 Å². The molecule has 3 N–H and O–H groups in total. The molecule has 3 nitrogen and oxygen atoms in total. The number of nitrogens with zero attached hydrogens (tertiary/aromatic N) is 1. The van der Waals surface area contributed by atoms with Crippen LogP contribution in [0, 0.1) is 12.7 Å². The van der Waals surface area contributed by atoms with Gasteiger partial charge in [-0.2, -0.15) is 0 Å². The van der Waals surface area contributed by atoms with Crippen LogP contribution in [0.5, 0.6) is 0 Å². The molecule has 0 spiro atoms. The van der Waals surface area contributed by atoms with E-state index in [0.717, 1.165) is 11.3 Å². The fourth-order valence-corrected chi connectivity index (χ4v) is 1.64. The minimum atomic E-state index is -0.266. The molecular formula is C15H16FN3. The summed E-state index contributed by atoms with van der Waals surface area (Å²) in [5.41, 5.74) is 8.62. The van der Waals surface area contributed by atoms with Crippen molar-refractivity contribution in [3.63, 3.8) is 0 Å². The molecule has 0 saturated heterocycles. The summed E-state index contributed by atoms with van der Waals surface area (Å²) in [6, 6.07) is 14.2. The first-order valence-corrected chi connectivity index (χ1v) is 6.01. The highest BCUT2D eigenvalue weighted by atomic mass is 19.1. The predicted octanol–water partition coefficient (Wildman–Crippen LogP) is 3.06. The van der Waals surface area contributed by atoms with Crippen LogP contribution in [-0.2, 0) is 6.54 Å². The van der Waals surface area contributed by atoms with Crippen molar-refractivity contribution in [2.24, 2.45) is 10.7 Å². The highest BCUT2D eigenvalue weighted by Gasteiger charge is 1.97. The summed E-state index contributed by atoms with van der Waals surface area (Å²) in [6.45, 7) is 2.37. The summed E-state index contributed by atoms with van der Waals surface area (Å²) >= 11 is 0. The Kier molecular flexibility index (Phi) is 4.13. The summed E-state index contributed by atoms with van der Waals surface area (Å²) in [4.78, 5) is 4.17. The van der Waals surface area contributed by atoms with Gasteiger partial charge in [0, 0.05) is 5.69 Å². The average molecular weight is 257 g/mol. The monoisotopic (exact) mass is 257 g/mol. The normalized spacial score (nSPS) is 11.4. The van der Waals surface area contributed by atoms with Gasteiger partial charge < -0.3 is 11.1 Å². The number of rotatable bonds is 3. The number of hydrogen-bond donors (Lipinski definition) is 2. The first-order valence-electron chi connectivity index (χ1n) is 6.01. The standard InChI is InChI=1S/C15H16FN3/c1-11-5-7-14(8-6-11)19-15(17)18-10-12-3-2-4-13(16)9-12/h2-9H,10H2,1H3,(H3,17,18,19). The van der Waals surface area contributed by atoms with Crippen molar-refractivity contribution >= 4 is 11.6 Å². The zero-order valence-electron chi connectivity index (χ0n) is 10.7. The van der Waals surface area contributed by atoms with Gasteiger partial charge in [-0.25, -0.2) is 9.38 Å². The third-order valence-corrected chi connectivity index (χ3v) is 2.64. The maximum atomic E-state index is 13.0. The molecule has 0 aliphatic rings. The SMILES string of the molecule is Cc1ccc(NC(N)=NCc2cccc(F)c2)cc1. The van der Waals surface area contributed by atoms with Gasteiger partial charge in [0.1, 0.15) is 5.82 Å². The van der Waals surface area contributed by atoms with Gasteiger partial charge in [0.25, 0.3) is 0 Å². The van der Waals surface area contributed by atoms with Crippen LogP contribution >= 0.6 is 0 Å². The van der Waals surface area contributed by atoms with Crippen molar-refractivity contribution < 1.29 is 4.39 Å². The molecule has 98 valence electrons. The number of halogens is 1. The van der Waals surface area contributed by atoms with E-state index in [-0.39, 0.29) is 5.82 Å². The Labute approximate surface area is 112 Å². The van der Waals surface area contributed by atoms with Crippen LogP contribution in [-0.4, -0.2) is 5.96 Å². The molecule has 2 rings (SSSR count). The summed E-state index contributed by atoms with van der Waals surface area (Å²) in [5, 5.41) is 2.99. The molecule has 0 amide bonds. The number of nitrogens with two attached hydrogens (primary N) is 1. The lowest BCUT2D eigenvalue weighted by Crippen LogP contribution is -2.22. The first kappa shape index (κ1) is 13.1.